The van der Waals surface area contributed by atoms with E-state index in [4.69, 9.17) is 9.26 Å². The average molecular weight is 395 g/mol. The molecule has 3 rings (SSSR count). The molecular formula is C16H9BrF2N2O3. The van der Waals surface area contributed by atoms with E-state index in [2.05, 4.69) is 26.1 Å². The first-order chi connectivity index (χ1) is 11.5. The van der Waals surface area contributed by atoms with Crippen molar-refractivity contribution in [3.8, 4) is 11.4 Å². The van der Waals surface area contributed by atoms with Crippen LogP contribution in [0.5, 0.6) is 0 Å². The molecule has 0 saturated carbocycles. The summed E-state index contributed by atoms with van der Waals surface area (Å²) in [7, 11) is 0. The van der Waals surface area contributed by atoms with Crippen LogP contribution in [0.25, 0.3) is 11.4 Å². The second kappa shape index (κ2) is 6.88. The molecule has 0 atom stereocenters. The smallest absolute Gasteiger partial charge is 0.344 e. The summed E-state index contributed by atoms with van der Waals surface area (Å²) in [6.07, 6.45) is 0. The molecule has 1 heterocycles. The quantitative estimate of drug-likeness (QED) is 0.622. The van der Waals surface area contributed by atoms with Crippen LogP contribution in [0.1, 0.15) is 16.2 Å². The maximum Gasteiger partial charge on any atom is 0.344 e. The fourth-order valence-corrected chi connectivity index (χ4v) is 2.35. The Bertz CT molecular complexity index is 878. The van der Waals surface area contributed by atoms with Gasteiger partial charge in [0.25, 0.3) is 5.89 Å². The monoisotopic (exact) mass is 394 g/mol. The Morgan fingerprint density at radius 1 is 1.17 bits per heavy atom. The van der Waals surface area contributed by atoms with E-state index in [0.717, 1.165) is 22.7 Å². The molecule has 0 radical (unpaired) electrons. The van der Waals surface area contributed by atoms with Crippen LogP contribution in [0.4, 0.5) is 8.78 Å². The van der Waals surface area contributed by atoms with Crippen LogP contribution in [-0.2, 0) is 11.3 Å². The number of nitrogens with zero attached hydrogens (tertiary/aromatic N) is 2. The van der Waals surface area contributed by atoms with Gasteiger partial charge in [-0.3, -0.25) is 0 Å². The summed E-state index contributed by atoms with van der Waals surface area (Å²) in [5.41, 5.74) is -0.0601. The van der Waals surface area contributed by atoms with Crippen LogP contribution in [0, 0.1) is 11.6 Å². The van der Waals surface area contributed by atoms with E-state index >= 15 is 0 Å². The van der Waals surface area contributed by atoms with Crippen molar-refractivity contribution in [3.05, 3.63) is 70.0 Å². The van der Waals surface area contributed by atoms with Crippen LogP contribution in [-0.4, -0.2) is 16.1 Å². The molecule has 122 valence electrons. The number of hydrogen-bond acceptors (Lipinski definition) is 5. The minimum absolute atomic E-state index is 0.00933. The van der Waals surface area contributed by atoms with Gasteiger partial charge in [-0.05, 0) is 24.3 Å². The number of benzene rings is 2. The predicted molar refractivity (Wildman–Crippen MR) is 82.9 cm³/mol. The number of aromatic nitrogens is 2. The highest BCUT2D eigenvalue weighted by atomic mass is 79.9. The second-order valence-electron chi connectivity index (χ2n) is 4.69. The Labute approximate surface area is 143 Å². The van der Waals surface area contributed by atoms with Gasteiger partial charge in [-0.2, -0.15) is 4.98 Å². The van der Waals surface area contributed by atoms with Gasteiger partial charge < -0.3 is 9.26 Å². The molecule has 2 aromatic carbocycles. The zero-order valence-electron chi connectivity index (χ0n) is 12.0. The summed E-state index contributed by atoms with van der Waals surface area (Å²) in [6.45, 7) is -0.395. The first-order valence-electron chi connectivity index (χ1n) is 6.74. The van der Waals surface area contributed by atoms with Crippen LogP contribution in [0.3, 0.4) is 0 Å². The Morgan fingerprint density at radius 2 is 1.88 bits per heavy atom. The molecule has 8 heteroatoms. The predicted octanol–water partition coefficient (Wildman–Crippen LogP) is 4.13. The van der Waals surface area contributed by atoms with Crippen molar-refractivity contribution in [1.82, 2.24) is 10.1 Å². The van der Waals surface area contributed by atoms with Crippen molar-refractivity contribution < 1.29 is 22.8 Å². The van der Waals surface area contributed by atoms with Crippen LogP contribution >= 0.6 is 15.9 Å². The summed E-state index contributed by atoms with van der Waals surface area (Å²) < 4.78 is 37.6. The van der Waals surface area contributed by atoms with Gasteiger partial charge in [-0.25, -0.2) is 13.6 Å². The first-order valence-corrected chi connectivity index (χ1v) is 7.53. The van der Waals surface area contributed by atoms with E-state index in [1.165, 1.54) is 0 Å². The number of carbonyl (C=O) groups is 1. The summed E-state index contributed by atoms with van der Waals surface area (Å²) in [5, 5.41) is 3.77. The van der Waals surface area contributed by atoms with E-state index in [0.29, 0.717) is 11.4 Å². The van der Waals surface area contributed by atoms with E-state index in [1.807, 2.05) is 6.07 Å². The zero-order chi connectivity index (χ0) is 17.1. The van der Waals surface area contributed by atoms with E-state index in [9.17, 15) is 13.6 Å². The largest absolute Gasteiger partial charge is 0.452 e. The topological polar surface area (TPSA) is 65.2 Å². The van der Waals surface area contributed by atoms with Crippen molar-refractivity contribution in [2.24, 2.45) is 0 Å². The van der Waals surface area contributed by atoms with Gasteiger partial charge in [-0.15, -0.1) is 0 Å². The van der Waals surface area contributed by atoms with Crippen molar-refractivity contribution in [2.75, 3.05) is 0 Å². The summed E-state index contributed by atoms with van der Waals surface area (Å²) in [4.78, 5) is 15.9. The molecule has 24 heavy (non-hydrogen) atoms. The fraction of sp³-hybridized carbons (Fsp3) is 0.0625. The second-order valence-corrected chi connectivity index (χ2v) is 5.61. The van der Waals surface area contributed by atoms with Crippen molar-refractivity contribution >= 4 is 21.9 Å². The molecule has 0 bridgehead atoms. The third kappa shape index (κ3) is 3.48. The fourth-order valence-electron chi connectivity index (χ4n) is 1.95. The highest BCUT2D eigenvalue weighted by Gasteiger charge is 2.19. The molecule has 0 aliphatic heterocycles. The number of ether oxygens (including phenoxy) is 1. The average Bonchev–Trinajstić information content (AvgIpc) is 3.02. The number of halogens is 3. The highest BCUT2D eigenvalue weighted by molar-refractivity contribution is 9.10. The molecule has 0 unspecified atom stereocenters. The van der Waals surface area contributed by atoms with E-state index in [1.54, 1.807) is 18.2 Å². The molecule has 0 aliphatic carbocycles. The summed E-state index contributed by atoms with van der Waals surface area (Å²) >= 11 is 3.33. The standard InChI is InChI=1S/C16H9BrF2N2O3/c17-10-4-1-3-9(7-10)15-20-13(24-21-15)8-23-16(22)14-11(18)5-2-6-12(14)19/h1-7H,8H2. The molecule has 1 aromatic heterocycles. The SMILES string of the molecule is O=C(OCc1nc(-c2cccc(Br)c2)no1)c1c(F)cccc1F. The molecule has 3 aromatic rings. The third-order valence-electron chi connectivity index (χ3n) is 3.04. The Morgan fingerprint density at radius 3 is 2.58 bits per heavy atom. The maximum atomic E-state index is 13.5. The molecule has 0 spiro atoms. The maximum absolute atomic E-state index is 13.5. The molecule has 0 saturated heterocycles. The van der Waals surface area contributed by atoms with E-state index in [-0.39, 0.29) is 5.89 Å². The van der Waals surface area contributed by atoms with Crippen LogP contribution in [0.15, 0.2) is 51.5 Å². The van der Waals surface area contributed by atoms with Gasteiger partial charge in [0.05, 0.1) is 0 Å². The Hall–Kier alpha value is -2.61. The third-order valence-corrected chi connectivity index (χ3v) is 3.54. The van der Waals surface area contributed by atoms with Crippen molar-refractivity contribution in [1.29, 1.82) is 0 Å². The number of hydrogen-bond donors (Lipinski definition) is 0. The number of esters is 1. The Kier molecular flexibility index (Phi) is 4.66. The minimum Gasteiger partial charge on any atom is -0.452 e. The van der Waals surface area contributed by atoms with E-state index < -0.39 is 29.8 Å². The molecule has 0 N–H and O–H groups in total. The van der Waals surface area contributed by atoms with Crippen LogP contribution < -0.4 is 0 Å². The zero-order valence-corrected chi connectivity index (χ0v) is 13.6. The molecule has 5 nitrogen and oxygen atoms in total. The minimum atomic E-state index is -1.15. The van der Waals surface area contributed by atoms with Crippen molar-refractivity contribution in [3.63, 3.8) is 0 Å². The Balaban J connectivity index is 1.71. The lowest BCUT2D eigenvalue weighted by molar-refractivity contribution is 0.0418. The lowest BCUT2D eigenvalue weighted by Crippen LogP contribution is -2.10. The van der Waals surface area contributed by atoms with Crippen LogP contribution in [0.2, 0.25) is 0 Å². The molecular weight excluding hydrogens is 386 g/mol. The van der Waals surface area contributed by atoms with Crippen molar-refractivity contribution in [2.45, 2.75) is 6.61 Å². The lowest BCUT2D eigenvalue weighted by atomic mass is 10.2. The van der Waals surface area contributed by atoms with Gasteiger partial charge in [0.15, 0.2) is 6.61 Å². The lowest BCUT2D eigenvalue weighted by Gasteiger charge is -2.04. The van der Waals surface area contributed by atoms with Gasteiger partial charge in [-0.1, -0.05) is 39.3 Å². The summed E-state index contributed by atoms with van der Waals surface area (Å²) in [5.74, 6) is -2.83. The normalized spacial score (nSPS) is 10.6. The summed E-state index contributed by atoms with van der Waals surface area (Å²) in [6, 6.07) is 10.3. The number of carbonyl (C=O) groups excluding carboxylic acids is 1. The van der Waals surface area contributed by atoms with Gasteiger partial charge in [0.1, 0.15) is 17.2 Å². The van der Waals surface area contributed by atoms with Gasteiger partial charge >= 0.3 is 5.97 Å². The van der Waals surface area contributed by atoms with Gasteiger partial charge in [0.2, 0.25) is 5.82 Å². The van der Waals surface area contributed by atoms with Gasteiger partial charge in [0, 0.05) is 10.0 Å². The molecule has 0 fully saturated rings. The molecule has 0 amide bonds. The number of rotatable bonds is 4. The first kappa shape index (κ1) is 16.3. The highest BCUT2D eigenvalue weighted by Crippen LogP contribution is 2.21. The molecule has 0 aliphatic rings.